The molecule has 0 aliphatic carbocycles. The lowest BCUT2D eigenvalue weighted by atomic mass is 10.1. The zero-order chi connectivity index (χ0) is 20.4. The molecule has 2 rings (SSSR count). The zero-order valence-corrected chi connectivity index (χ0v) is 15.4. The van der Waals surface area contributed by atoms with Crippen molar-refractivity contribution < 1.29 is 29.7 Å². The predicted octanol–water partition coefficient (Wildman–Crippen LogP) is 4.09. The van der Waals surface area contributed by atoms with Crippen molar-refractivity contribution in [1.82, 2.24) is 0 Å². The Labute approximate surface area is 158 Å². The molecule has 0 aliphatic rings. The summed E-state index contributed by atoms with van der Waals surface area (Å²) in [5.74, 6) is -1.64. The number of hydrogen-bond donors (Lipinski definition) is 3. The topological polar surface area (TPSA) is 112 Å². The highest BCUT2D eigenvalue weighted by Gasteiger charge is 2.10. The average molecular weight is 372 g/mol. The Bertz CT molecular complexity index is 793. The van der Waals surface area contributed by atoms with Crippen molar-refractivity contribution in [3.63, 3.8) is 0 Å². The van der Waals surface area contributed by atoms with E-state index in [1.165, 1.54) is 12.1 Å². The van der Waals surface area contributed by atoms with Gasteiger partial charge in [-0.3, -0.25) is 4.79 Å². The van der Waals surface area contributed by atoms with Crippen LogP contribution in [0.2, 0.25) is 0 Å². The van der Waals surface area contributed by atoms with Crippen molar-refractivity contribution in [3.8, 4) is 5.75 Å². The van der Waals surface area contributed by atoms with E-state index >= 15 is 0 Å². The normalized spacial score (nSPS) is 9.85. The third kappa shape index (κ3) is 7.73. The van der Waals surface area contributed by atoms with Crippen LogP contribution in [0.15, 0.2) is 42.5 Å². The van der Waals surface area contributed by atoms with Crippen LogP contribution in [0.25, 0.3) is 0 Å². The van der Waals surface area contributed by atoms with E-state index in [9.17, 15) is 14.4 Å². The molecule has 0 aromatic heterocycles. The first kappa shape index (κ1) is 21.9. The molecule has 0 fully saturated rings. The summed E-state index contributed by atoms with van der Waals surface area (Å²) < 4.78 is 0. The summed E-state index contributed by atoms with van der Waals surface area (Å²) >= 11 is 0. The standard InChI is InChI=1S/C12H16O2.C9H8O4/c1-2-3-11(13)7-4-10-5-8-12(14)9-6-10;1-5-2-3-6(8(10)11)4-7(5)9(12)13/h5-6,8-9,14H,2-4,7H2,1H3;2-4H,1H3,(H,10,11)(H,12,13). The first-order valence-electron chi connectivity index (χ1n) is 8.61. The number of aromatic hydroxyl groups is 1. The molecule has 6 nitrogen and oxygen atoms in total. The van der Waals surface area contributed by atoms with Gasteiger partial charge in [-0.05, 0) is 55.2 Å². The van der Waals surface area contributed by atoms with Gasteiger partial charge in [0, 0.05) is 12.8 Å². The number of hydrogen-bond acceptors (Lipinski definition) is 4. The van der Waals surface area contributed by atoms with Crippen molar-refractivity contribution in [3.05, 3.63) is 64.7 Å². The molecule has 0 heterocycles. The summed E-state index contributed by atoms with van der Waals surface area (Å²) in [5.41, 5.74) is 1.67. The molecule has 2 aromatic carbocycles. The van der Waals surface area contributed by atoms with Crippen molar-refractivity contribution in [2.75, 3.05) is 0 Å². The fraction of sp³-hybridized carbons (Fsp3) is 0.286. The largest absolute Gasteiger partial charge is 0.508 e. The van der Waals surface area contributed by atoms with Crippen LogP contribution in [0, 0.1) is 6.92 Å². The maximum absolute atomic E-state index is 11.2. The molecular weight excluding hydrogens is 348 g/mol. The smallest absolute Gasteiger partial charge is 0.335 e. The lowest BCUT2D eigenvalue weighted by Crippen LogP contribution is -2.03. The van der Waals surface area contributed by atoms with Gasteiger partial charge >= 0.3 is 11.9 Å². The maximum atomic E-state index is 11.2. The molecule has 0 atom stereocenters. The lowest BCUT2D eigenvalue weighted by Gasteiger charge is -2.01. The van der Waals surface area contributed by atoms with Crippen molar-refractivity contribution >= 4 is 17.7 Å². The van der Waals surface area contributed by atoms with Gasteiger partial charge in [-0.15, -0.1) is 0 Å². The predicted molar refractivity (Wildman–Crippen MR) is 101 cm³/mol. The number of phenolic OH excluding ortho intramolecular Hbond substituents is 1. The third-order valence-electron chi connectivity index (χ3n) is 3.87. The fourth-order valence-electron chi connectivity index (χ4n) is 2.34. The Morgan fingerprint density at radius 2 is 1.52 bits per heavy atom. The molecule has 0 bridgehead atoms. The Hall–Kier alpha value is -3.15. The number of carboxylic acid groups (broad SMARTS) is 2. The van der Waals surface area contributed by atoms with E-state index in [-0.39, 0.29) is 16.9 Å². The quantitative estimate of drug-likeness (QED) is 0.675. The number of ketones is 1. The number of benzene rings is 2. The lowest BCUT2D eigenvalue weighted by molar-refractivity contribution is -0.119. The van der Waals surface area contributed by atoms with Gasteiger partial charge in [0.25, 0.3) is 0 Å². The van der Waals surface area contributed by atoms with E-state index in [0.29, 0.717) is 24.2 Å². The number of carbonyl (C=O) groups is 3. The SMILES string of the molecule is CCCC(=O)CCc1ccc(O)cc1.Cc1ccc(C(=O)O)cc1C(=O)O. The average Bonchev–Trinajstić information content (AvgIpc) is 2.62. The molecule has 6 heteroatoms. The summed E-state index contributed by atoms with van der Waals surface area (Å²) in [5, 5.41) is 26.3. The summed E-state index contributed by atoms with van der Waals surface area (Å²) in [6.45, 7) is 3.63. The van der Waals surface area contributed by atoms with Crippen LogP contribution in [-0.4, -0.2) is 33.0 Å². The third-order valence-corrected chi connectivity index (χ3v) is 3.87. The van der Waals surface area contributed by atoms with Gasteiger partial charge < -0.3 is 15.3 Å². The number of aryl methyl sites for hydroxylation is 2. The molecule has 0 saturated carbocycles. The van der Waals surface area contributed by atoms with Gasteiger partial charge in [-0.2, -0.15) is 0 Å². The van der Waals surface area contributed by atoms with Crippen molar-refractivity contribution in [2.45, 2.75) is 39.5 Å². The van der Waals surface area contributed by atoms with Crippen molar-refractivity contribution in [1.29, 1.82) is 0 Å². The van der Waals surface area contributed by atoms with Crippen LogP contribution in [0.4, 0.5) is 0 Å². The second-order valence-electron chi connectivity index (χ2n) is 6.10. The molecule has 144 valence electrons. The fourth-order valence-corrected chi connectivity index (χ4v) is 2.34. The van der Waals surface area contributed by atoms with Crippen molar-refractivity contribution in [2.24, 2.45) is 0 Å². The van der Waals surface area contributed by atoms with E-state index in [1.54, 1.807) is 19.1 Å². The molecule has 0 radical (unpaired) electrons. The summed E-state index contributed by atoms with van der Waals surface area (Å²) in [6, 6.07) is 11.0. The highest BCUT2D eigenvalue weighted by atomic mass is 16.4. The van der Waals surface area contributed by atoms with E-state index in [4.69, 9.17) is 15.3 Å². The van der Waals surface area contributed by atoms with Crippen LogP contribution in [0.3, 0.4) is 0 Å². The Balaban J connectivity index is 0.000000271. The van der Waals surface area contributed by atoms with E-state index in [2.05, 4.69) is 0 Å². The molecule has 0 amide bonds. The van der Waals surface area contributed by atoms with Gasteiger partial charge in [-0.25, -0.2) is 9.59 Å². The molecule has 0 saturated heterocycles. The van der Waals surface area contributed by atoms with E-state index < -0.39 is 11.9 Å². The van der Waals surface area contributed by atoms with Crippen LogP contribution in [0.5, 0.6) is 5.75 Å². The van der Waals surface area contributed by atoms with Gasteiger partial charge in [0.15, 0.2) is 0 Å². The van der Waals surface area contributed by atoms with Gasteiger partial charge in [-0.1, -0.05) is 25.1 Å². The molecule has 3 N–H and O–H groups in total. The van der Waals surface area contributed by atoms with E-state index in [1.807, 2.05) is 19.1 Å². The first-order chi connectivity index (χ1) is 12.7. The number of carboxylic acids is 2. The molecule has 0 unspecified atom stereocenters. The van der Waals surface area contributed by atoms with Crippen LogP contribution in [-0.2, 0) is 11.2 Å². The van der Waals surface area contributed by atoms with Gasteiger partial charge in [0.2, 0.25) is 0 Å². The van der Waals surface area contributed by atoms with Crippen LogP contribution < -0.4 is 0 Å². The Morgan fingerprint density at radius 3 is 2.04 bits per heavy atom. The zero-order valence-electron chi connectivity index (χ0n) is 15.4. The van der Waals surface area contributed by atoms with Crippen LogP contribution >= 0.6 is 0 Å². The number of phenols is 1. The monoisotopic (exact) mass is 372 g/mol. The molecule has 2 aromatic rings. The Morgan fingerprint density at radius 1 is 0.889 bits per heavy atom. The molecule has 0 spiro atoms. The maximum Gasteiger partial charge on any atom is 0.335 e. The van der Waals surface area contributed by atoms with Crippen LogP contribution in [0.1, 0.15) is 58.0 Å². The molecule has 27 heavy (non-hydrogen) atoms. The van der Waals surface area contributed by atoms with E-state index in [0.717, 1.165) is 24.5 Å². The number of Topliss-reactive ketones (excluding diaryl/α,β-unsaturated/α-hetero) is 1. The number of carbonyl (C=O) groups excluding carboxylic acids is 1. The first-order valence-corrected chi connectivity index (χ1v) is 8.61. The van der Waals surface area contributed by atoms with Gasteiger partial charge in [0.1, 0.15) is 11.5 Å². The second kappa shape index (κ2) is 10.8. The summed E-state index contributed by atoms with van der Waals surface area (Å²) in [6.07, 6.45) is 2.99. The molecule has 0 aliphatic heterocycles. The highest BCUT2D eigenvalue weighted by Crippen LogP contribution is 2.12. The summed E-state index contributed by atoms with van der Waals surface area (Å²) in [7, 11) is 0. The second-order valence-corrected chi connectivity index (χ2v) is 6.10. The minimum Gasteiger partial charge on any atom is -0.508 e. The van der Waals surface area contributed by atoms with Gasteiger partial charge in [0.05, 0.1) is 11.1 Å². The highest BCUT2D eigenvalue weighted by molar-refractivity contribution is 5.94. The minimum absolute atomic E-state index is 0.0111. The minimum atomic E-state index is -1.12. The number of aromatic carboxylic acids is 2. The number of rotatable bonds is 7. The molecular formula is C21H24O6. The Kier molecular flexibility index (Phi) is 8.72. The summed E-state index contributed by atoms with van der Waals surface area (Å²) in [4.78, 5) is 32.3.